The second-order valence-corrected chi connectivity index (χ2v) is 15.0. The van der Waals surface area contributed by atoms with E-state index in [1.165, 1.54) is 135 Å². The van der Waals surface area contributed by atoms with Crippen LogP contribution in [0.25, 0.3) is 0 Å². The molecule has 0 radical (unpaired) electrons. The van der Waals surface area contributed by atoms with Crippen LogP contribution in [-0.2, 0) is 28.6 Å². The zero-order valence-corrected chi connectivity index (χ0v) is 34.1. The molecule has 300 valence electrons. The molecule has 0 fully saturated rings. The van der Waals surface area contributed by atoms with Gasteiger partial charge in [0, 0.05) is 19.3 Å². The van der Waals surface area contributed by atoms with Crippen LogP contribution in [0.5, 0.6) is 0 Å². The smallest absolute Gasteiger partial charge is 0.306 e. The van der Waals surface area contributed by atoms with Gasteiger partial charge in [0.25, 0.3) is 0 Å². The Morgan fingerprint density at radius 2 is 0.667 bits per heavy atom. The van der Waals surface area contributed by atoms with Crippen molar-refractivity contribution in [3.8, 4) is 0 Å². The predicted molar refractivity (Wildman–Crippen MR) is 215 cm³/mol. The molecule has 6 nitrogen and oxygen atoms in total. The lowest BCUT2D eigenvalue weighted by Crippen LogP contribution is -2.30. The van der Waals surface area contributed by atoms with Crippen LogP contribution in [0.2, 0.25) is 0 Å². The lowest BCUT2D eigenvalue weighted by molar-refractivity contribution is -0.167. The molecule has 6 heteroatoms. The summed E-state index contributed by atoms with van der Waals surface area (Å²) in [7, 11) is 0. The first-order valence-corrected chi connectivity index (χ1v) is 22.2. The van der Waals surface area contributed by atoms with Crippen LogP contribution in [0.1, 0.15) is 239 Å². The minimum Gasteiger partial charge on any atom is -0.462 e. The van der Waals surface area contributed by atoms with Gasteiger partial charge in [-0.3, -0.25) is 14.4 Å². The molecule has 0 saturated heterocycles. The van der Waals surface area contributed by atoms with Crippen molar-refractivity contribution < 1.29 is 28.6 Å². The van der Waals surface area contributed by atoms with E-state index in [-0.39, 0.29) is 31.1 Å². The minimum atomic E-state index is -0.764. The summed E-state index contributed by atoms with van der Waals surface area (Å²) in [6, 6.07) is 0. The standard InChI is InChI=1S/C45H84O6/c1-4-7-10-13-16-19-21-22-24-26-29-32-35-38-44(47)50-41-42(40-49-43(46)37-34-31-28-25-18-15-12-9-6-3)51-45(48)39-36-33-30-27-23-20-17-14-11-8-5-2/h14,17,42H,4-13,15-16,18-41H2,1-3H3/b17-14-. The Balaban J connectivity index is 4.33. The lowest BCUT2D eigenvalue weighted by atomic mass is 10.0. The molecule has 0 N–H and O–H groups in total. The van der Waals surface area contributed by atoms with E-state index >= 15 is 0 Å². The van der Waals surface area contributed by atoms with Crippen LogP contribution < -0.4 is 0 Å². The Morgan fingerprint density at radius 3 is 1.04 bits per heavy atom. The summed E-state index contributed by atoms with van der Waals surface area (Å²) in [6.07, 6.45) is 41.9. The average Bonchev–Trinajstić information content (AvgIpc) is 3.12. The zero-order chi connectivity index (χ0) is 37.3. The molecule has 51 heavy (non-hydrogen) atoms. The van der Waals surface area contributed by atoms with Crippen molar-refractivity contribution in [1.29, 1.82) is 0 Å². The summed E-state index contributed by atoms with van der Waals surface area (Å²) in [5, 5.41) is 0. The van der Waals surface area contributed by atoms with Crippen molar-refractivity contribution in [2.24, 2.45) is 0 Å². The third-order valence-electron chi connectivity index (χ3n) is 9.77. The van der Waals surface area contributed by atoms with Gasteiger partial charge in [0.2, 0.25) is 0 Å². The van der Waals surface area contributed by atoms with Crippen molar-refractivity contribution in [3.05, 3.63) is 12.2 Å². The molecule has 0 saturated carbocycles. The topological polar surface area (TPSA) is 78.9 Å². The number of hydrogen-bond acceptors (Lipinski definition) is 6. The van der Waals surface area contributed by atoms with Gasteiger partial charge in [0.1, 0.15) is 13.2 Å². The third kappa shape index (κ3) is 39.2. The first kappa shape index (κ1) is 49.1. The van der Waals surface area contributed by atoms with E-state index in [4.69, 9.17) is 14.2 Å². The van der Waals surface area contributed by atoms with Crippen molar-refractivity contribution in [2.75, 3.05) is 13.2 Å². The Morgan fingerprint density at radius 1 is 0.373 bits per heavy atom. The Bertz CT molecular complexity index is 794. The fourth-order valence-corrected chi connectivity index (χ4v) is 6.36. The van der Waals surface area contributed by atoms with Gasteiger partial charge < -0.3 is 14.2 Å². The van der Waals surface area contributed by atoms with Gasteiger partial charge in [0.05, 0.1) is 0 Å². The normalized spacial score (nSPS) is 12.0. The monoisotopic (exact) mass is 721 g/mol. The van der Waals surface area contributed by atoms with Gasteiger partial charge in [0.15, 0.2) is 6.10 Å². The average molecular weight is 721 g/mol. The molecule has 1 unspecified atom stereocenters. The largest absolute Gasteiger partial charge is 0.462 e. The zero-order valence-electron chi connectivity index (χ0n) is 34.1. The molecule has 0 bridgehead atoms. The number of rotatable bonds is 40. The van der Waals surface area contributed by atoms with Gasteiger partial charge in [-0.2, -0.15) is 0 Å². The predicted octanol–water partition coefficient (Wildman–Crippen LogP) is 13.9. The fourth-order valence-electron chi connectivity index (χ4n) is 6.36. The van der Waals surface area contributed by atoms with E-state index in [1.54, 1.807) is 0 Å². The number of esters is 3. The summed E-state index contributed by atoms with van der Waals surface area (Å²) >= 11 is 0. The van der Waals surface area contributed by atoms with E-state index in [0.717, 1.165) is 64.2 Å². The van der Waals surface area contributed by atoms with E-state index in [2.05, 4.69) is 32.9 Å². The van der Waals surface area contributed by atoms with Crippen LogP contribution in [0.4, 0.5) is 0 Å². The molecule has 0 aromatic heterocycles. The molecule has 0 spiro atoms. The van der Waals surface area contributed by atoms with E-state index in [1.807, 2.05) is 0 Å². The van der Waals surface area contributed by atoms with Crippen molar-refractivity contribution in [2.45, 2.75) is 245 Å². The summed E-state index contributed by atoms with van der Waals surface area (Å²) in [5.74, 6) is -0.876. The lowest BCUT2D eigenvalue weighted by Gasteiger charge is -2.18. The number of carbonyl (C=O) groups is 3. The molecule has 0 aliphatic heterocycles. The van der Waals surface area contributed by atoms with Crippen LogP contribution in [0, 0.1) is 0 Å². The van der Waals surface area contributed by atoms with E-state index in [0.29, 0.717) is 19.3 Å². The molecule has 1 atom stereocenters. The summed E-state index contributed by atoms with van der Waals surface area (Å²) < 4.78 is 16.7. The number of allylic oxidation sites excluding steroid dienone is 2. The highest BCUT2D eigenvalue weighted by Gasteiger charge is 2.19. The number of carbonyl (C=O) groups excluding carboxylic acids is 3. The van der Waals surface area contributed by atoms with Crippen LogP contribution in [0.15, 0.2) is 12.2 Å². The van der Waals surface area contributed by atoms with Crippen molar-refractivity contribution in [3.63, 3.8) is 0 Å². The summed E-state index contributed by atoms with van der Waals surface area (Å²) in [6.45, 7) is 6.57. The minimum absolute atomic E-state index is 0.0693. The van der Waals surface area contributed by atoms with Crippen molar-refractivity contribution >= 4 is 17.9 Å². The van der Waals surface area contributed by atoms with Gasteiger partial charge >= 0.3 is 17.9 Å². The summed E-state index contributed by atoms with van der Waals surface area (Å²) in [5.41, 5.74) is 0. The highest BCUT2D eigenvalue weighted by Crippen LogP contribution is 2.15. The maximum atomic E-state index is 12.7. The van der Waals surface area contributed by atoms with Crippen LogP contribution >= 0.6 is 0 Å². The fraction of sp³-hybridized carbons (Fsp3) is 0.889. The number of ether oxygens (including phenoxy) is 3. The molecule has 0 heterocycles. The number of unbranched alkanes of at least 4 members (excludes halogenated alkanes) is 27. The Labute approximate surface area is 316 Å². The van der Waals surface area contributed by atoms with Crippen LogP contribution in [0.3, 0.4) is 0 Å². The SMILES string of the molecule is CCCC/C=C\CCCCCCCC(=O)OC(COC(=O)CCCCCCCCCCC)COC(=O)CCCCCCCCCCCCCCC. The Hall–Kier alpha value is -1.85. The van der Waals surface area contributed by atoms with Gasteiger partial charge in [-0.25, -0.2) is 0 Å². The van der Waals surface area contributed by atoms with E-state index < -0.39 is 6.10 Å². The molecular formula is C45H84O6. The first-order valence-electron chi connectivity index (χ1n) is 22.2. The molecule has 0 aromatic rings. The Kier molecular flexibility index (Phi) is 39.4. The molecule has 0 rings (SSSR count). The highest BCUT2D eigenvalue weighted by molar-refractivity contribution is 5.71. The second kappa shape index (κ2) is 40.9. The molecular weight excluding hydrogens is 636 g/mol. The third-order valence-corrected chi connectivity index (χ3v) is 9.77. The molecule has 0 aliphatic rings. The maximum absolute atomic E-state index is 12.7. The first-order chi connectivity index (χ1) is 25.0. The van der Waals surface area contributed by atoms with Crippen LogP contribution in [-0.4, -0.2) is 37.2 Å². The second-order valence-electron chi connectivity index (χ2n) is 15.0. The quantitative estimate of drug-likeness (QED) is 0.0271. The van der Waals surface area contributed by atoms with Gasteiger partial charge in [-0.15, -0.1) is 0 Å². The van der Waals surface area contributed by atoms with Gasteiger partial charge in [-0.05, 0) is 38.5 Å². The summed E-state index contributed by atoms with van der Waals surface area (Å²) in [4.78, 5) is 37.6. The number of hydrogen-bond donors (Lipinski definition) is 0. The van der Waals surface area contributed by atoms with Gasteiger partial charge in [-0.1, -0.05) is 193 Å². The highest BCUT2D eigenvalue weighted by atomic mass is 16.6. The maximum Gasteiger partial charge on any atom is 0.306 e. The molecule has 0 aromatic carbocycles. The molecule has 0 amide bonds. The molecule has 0 aliphatic carbocycles. The van der Waals surface area contributed by atoms with E-state index in [9.17, 15) is 14.4 Å². The van der Waals surface area contributed by atoms with Crippen molar-refractivity contribution in [1.82, 2.24) is 0 Å².